The van der Waals surface area contributed by atoms with Crippen LogP contribution in [0.3, 0.4) is 0 Å². The maximum absolute atomic E-state index is 11.7. The van der Waals surface area contributed by atoms with Crippen molar-refractivity contribution in [1.29, 1.82) is 0 Å². The number of ether oxygens (including phenoxy) is 1. The number of hydrogen-bond acceptors (Lipinski definition) is 5. The molecule has 0 radical (unpaired) electrons. The van der Waals surface area contributed by atoms with Gasteiger partial charge < -0.3 is 15.2 Å². The second-order valence-electron chi connectivity index (χ2n) is 5.13. The van der Waals surface area contributed by atoms with E-state index in [2.05, 4.69) is 5.32 Å². The summed E-state index contributed by atoms with van der Waals surface area (Å²) in [4.78, 5) is 32.7. The van der Waals surface area contributed by atoms with Crippen molar-refractivity contribution in [3.63, 3.8) is 0 Å². The van der Waals surface area contributed by atoms with Gasteiger partial charge in [-0.3, -0.25) is 14.9 Å². The molecule has 1 aromatic carbocycles. The largest absolute Gasteiger partial charge is 0.484 e. The minimum Gasteiger partial charge on any atom is -0.484 e. The third-order valence-corrected chi connectivity index (χ3v) is 2.76. The van der Waals surface area contributed by atoms with Gasteiger partial charge >= 0.3 is 5.97 Å². The molecule has 22 heavy (non-hydrogen) atoms. The smallest absolute Gasteiger partial charge is 0.326 e. The highest BCUT2D eigenvalue weighted by Gasteiger charge is 2.21. The Bertz CT molecular complexity index is 541. The maximum Gasteiger partial charge on any atom is 0.326 e. The Morgan fingerprint density at radius 2 is 1.91 bits per heavy atom. The average molecular weight is 310 g/mol. The highest BCUT2D eigenvalue weighted by Crippen LogP contribution is 2.17. The van der Waals surface area contributed by atoms with Crippen LogP contribution in [0.1, 0.15) is 20.3 Å². The number of nitro benzene ring substituents is 1. The molecule has 0 spiro atoms. The van der Waals surface area contributed by atoms with Crippen LogP contribution >= 0.6 is 0 Å². The van der Waals surface area contributed by atoms with E-state index >= 15 is 0 Å². The van der Waals surface area contributed by atoms with Gasteiger partial charge in [-0.05, 0) is 24.5 Å². The number of carboxylic acids is 1. The number of nitro groups is 1. The molecular formula is C14H18N2O6. The van der Waals surface area contributed by atoms with Gasteiger partial charge in [0.1, 0.15) is 11.8 Å². The molecule has 2 N–H and O–H groups in total. The summed E-state index contributed by atoms with van der Waals surface area (Å²) >= 11 is 0. The first-order chi connectivity index (χ1) is 10.3. The van der Waals surface area contributed by atoms with E-state index in [0.717, 1.165) is 0 Å². The molecule has 1 amide bonds. The second kappa shape index (κ2) is 7.96. The average Bonchev–Trinajstić information content (AvgIpc) is 2.44. The van der Waals surface area contributed by atoms with Gasteiger partial charge in [-0.2, -0.15) is 0 Å². The SMILES string of the molecule is CC(C)C[C@H](NC(=O)COc1ccc([N+](=O)[O-])cc1)C(=O)O. The second-order valence-corrected chi connectivity index (χ2v) is 5.13. The Morgan fingerprint density at radius 1 is 1.32 bits per heavy atom. The molecule has 1 aromatic rings. The van der Waals surface area contributed by atoms with Crippen molar-refractivity contribution in [2.24, 2.45) is 5.92 Å². The molecule has 8 nitrogen and oxygen atoms in total. The van der Waals surface area contributed by atoms with E-state index in [9.17, 15) is 19.7 Å². The number of carbonyl (C=O) groups excluding carboxylic acids is 1. The standard InChI is InChI=1S/C14H18N2O6/c1-9(2)7-12(14(18)19)15-13(17)8-22-11-5-3-10(4-6-11)16(20)21/h3-6,9,12H,7-8H2,1-2H3,(H,15,17)(H,18,19)/t12-/m0/s1. The molecule has 0 aromatic heterocycles. The van der Waals surface area contributed by atoms with Crippen molar-refractivity contribution in [2.75, 3.05) is 6.61 Å². The van der Waals surface area contributed by atoms with E-state index in [-0.39, 0.29) is 24.0 Å². The summed E-state index contributed by atoms with van der Waals surface area (Å²) in [6.07, 6.45) is 0.318. The lowest BCUT2D eigenvalue weighted by Crippen LogP contribution is -2.43. The van der Waals surface area contributed by atoms with Crippen molar-refractivity contribution < 1.29 is 24.4 Å². The maximum atomic E-state index is 11.7. The molecule has 0 saturated heterocycles. The minimum atomic E-state index is -1.10. The van der Waals surface area contributed by atoms with Crippen molar-refractivity contribution >= 4 is 17.6 Å². The van der Waals surface area contributed by atoms with E-state index < -0.39 is 22.8 Å². The van der Waals surface area contributed by atoms with Gasteiger partial charge in [0.2, 0.25) is 0 Å². The Morgan fingerprint density at radius 3 is 2.36 bits per heavy atom. The van der Waals surface area contributed by atoms with Crippen LogP contribution in [-0.2, 0) is 9.59 Å². The lowest BCUT2D eigenvalue weighted by molar-refractivity contribution is -0.384. The Kier molecular flexibility index (Phi) is 6.30. The molecule has 1 atom stereocenters. The Labute approximate surface area is 127 Å². The lowest BCUT2D eigenvalue weighted by atomic mass is 10.0. The van der Waals surface area contributed by atoms with Gasteiger partial charge in [0.05, 0.1) is 4.92 Å². The summed E-state index contributed by atoms with van der Waals surface area (Å²) in [6, 6.07) is 4.29. The number of hydrogen-bond donors (Lipinski definition) is 2. The molecule has 0 aliphatic rings. The quantitative estimate of drug-likeness (QED) is 0.556. The van der Waals surface area contributed by atoms with Crippen molar-refractivity contribution in [1.82, 2.24) is 5.32 Å². The third-order valence-electron chi connectivity index (χ3n) is 2.76. The number of nitrogens with zero attached hydrogens (tertiary/aromatic N) is 1. The summed E-state index contributed by atoms with van der Waals surface area (Å²) in [5.74, 6) is -1.25. The van der Waals surface area contributed by atoms with Gasteiger partial charge in [-0.15, -0.1) is 0 Å². The molecule has 0 aliphatic heterocycles. The lowest BCUT2D eigenvalue weighted by Gasteiger charge is -2.16. The normalized spacial score (nSPS) is 11.8. The van der Waals surface area contributed by atoms with Crippen LogP contribution < -0.4 is 10.1 Å². The number of amides is 1. The highest BCUT2D eigenvalue weighted by molar-refractivity contribution is 5.84. The van der Waals surface area contributed by atoms with Crippen LogP contribution in [0.2, 0.25) is 0 Å². The van der Waals surface area contributed by atoms with E-state index in [1.807, 2.05) is 13.8 Å². The van der Waals surface area contributed by atoms with Gasteiger partial charge in [-0.1, -0.05) is 13.8 Å². The molecule has 0 saturated carbocycles. The Hall–Kier alpha value is -2.64. The van der Waals surface area contributed by atoms with E-state index in [4.69, 9.17) is 9.84 Å². The number of aliphatic carboxylic acids is 1. The summed E-state index contributed by atoms with van der Waals surface area (Å²) < 4.78 is 5.16. The van der Waals surface area contributed by atoms with E-state index in [1.54, 1.807) is 0 Å². The zero-order valence-corrected chi connectivity index (χ0v) is 12.3. The van der Waals surface area contributed by atoms with E-state index in [1.165, 1.54) is 24.3 Å². The van der Waals surface area contributed by atoms with Crippen molar-refractivity contribution in [3.8, 4) is 5.75 Å². The first kappa shape index (κ1) is 17.4. The molecule has 8 heteroatoms. The molecule has 0 fully saturated rings. The van der Waals surface area contributed by atoms with E-state index in [0.29, 0.717) is 6.42 Å². The molecule has 0 bridgehead atoms. The fourth-order valence-corrected chi connectivity index (χ4v) is 1.74. The molecule has 0 aliphatic carbocycles. The van der Waals surface area contributed by atoms with Crippen LogP contribution in [-0.4, -0.2) is 34.6 Å². The van der Waals surface area contributed by atoms with Gasteiger partial charge in [0, 0.05) is 12.1 Å². The number of benzene rings is 1. The Balaban J connectivity index is 2.51. The molecule has 0 unspecified atom stereocenters. The monoisotopic (exact) mass is 310 g/mol. The molecule has 120 valence electrons. The first-order valence-electron chi connectivity index (χ1n) is 6.69. The van der Waals surface area contributed by atoms with Gasteiger partial charge in [-0.25, -0.2) is 4.79 Å². The number of rotatable bonds is 8. The summed E-state index contributed by atoms with van der Waals surface area (Å²) in [5.41, 5.74) is -0.0836. The topological polar surface area (TPSA) is 119 Å². The third kappa shape index (κ3) is 5.78. The number of non-ortho nitro benzene ring substituents is 1. The van der Waals surface area contributed by atoms with Crippen LogP contribution in [0.5, 0.6) is 5.75 Å². The number of carbonyl (C=O) groups is 2. The zero-order valence-electron chi connectivity index (χ0n) is 12.3. The predicted octanol–water partition coefficient (Wildman–Crippen LogP) is 1.59. The molecular weight excluding hydrogens is 292 g/mol. The molecule has 1 rings (SSSR count). The van der Waals surface area contributed by atoms with Crippen molar-refractivity contribution in [3.05, 3.63) is 34.4 Å². The summed E-state index contributed by atoms with van der Waals surface area (Å²) in [5, 5.41) is 21.9. The van der Waals surface area contributed by atoms with Crippen molar-refractivity contribution in [2.45, 2.75) is 26.3 Å². The van der Waals surface area contributed by atoms with Gasteiger partial charge in [0.25, 0.3) is 11.6 Å². The number of nitrogens with one attached hydrogen (secondary N) is 1. The van der Waals surface area contributed by atoms with Gasteiger partial charge in [0.15, 0.2) is 6.61 Å². The number of carboxylic acid groups (broad SMARTS) is 1. The minimum absolute atomic E-state index is 0.0836. The zero-order chi connectivity index (χ0) is 16.7. The first-order valence-corrected chi connectivity index (χ1v) is 6.69. The molecule has 0 heterocycles. The van der Waals surface area contributed by atoms with Crippen LogP contribution in [0, 0.1) is 16.0 Å². The fraction of sp³-hybridized carbons (Fsp3) is 0.429. The fourth-order valence-electron chi connectivity index (χ4n) is 1.74. The van der Waals surface area contributed by atoms with Crippen LogP contribution in [0.25, 0.3) is 0 Å². The van der Waals surface area contributed by atoms with Crippen LogP contribution in [0.4, 0.5) is 5.69 Å². The predicted molar refractivity (Wildman–Crippen MR) is 77.6 cm³/mol. The summed E-state index contributed by atoms with van der Waals surface area (Å²) in [6.45, 7) is 3.35. The van der Waals surface area contributed by atoms with Crippen LogP contribution in [0.15, 0.2) is 24.3 Å². The highest BCUT2D eigenvalue weighted by atomic mass is 16.6. The summed E-state index contributed by atoms with van der Waals surface area (Å²) in [7, 11) is 0.